The number of alkyl halides is 2. The van der Waals surface area contributed by atoms with Crippen molar-refractivity contribution >= 4 is 5.97 Å². The van der Waals surface area contributed by atoms with E-state index in [0.29, 0.717) is 24.8 Å². The minimum atomic E-state index is -2.74. The highest BCUT2D eigenvalue weighted by Gasteiger charge is 2.38. The van der Waals surface area contributed by atoms with E-state index in [0.717, 1.165) is 0 Å². The van der Waals surface area contributed by atoms with Gasteiger partial charge in [0.25, 0.3) is 5.92 Å². The van der Waals surface area contributed by atoms with Crippen molar-refractivity contribution in [2.75, 3.05) is 0 Å². The molecule has 0 saturated heterocycles. The van der Waals surface area contributed by atoms with E-state index >= 15 is 0 Å². The Morgan fingerprint density at radius 1 is 1.21 bits per heavy atom. The molecule has 0 saturated carbocycles. The highest BCUT2D eigenvalue weighted by atomic mass is 19.3. The van der Waals surface area contributed by atoms with Gasteiger partial charge in [-0.15, -0.1) is 0 Å². The Bertz CT molecular complexity index is 413. The second-order valence-corrected chi connectivity index (χ2v) is 4.78. The molecule has 19 heavy (non-hydrogen) atoms. The Morgan fingerprint density at radius 2 is 1.79 bits per heavy atom. The molecule has 1 unspecified atom stereocenters. The number of benzene rings is 1. The smallest absolute Gasteiger partial charge is 0.335 e. The molecule has 0 aromatic heterocycles. The standard InChI is InChI=1S/C15H20F2O2/c1-3-5-13(15(16,17)10-4-2)11-6-8-12(9-7-11)14(18)19/h6-9,13H,3-5,10H2,1-2H3,(H,18,19). The highest BCUT2D eigenvalue weighted by Crippen LogP contribution is 2.40. The molecule has 0 fully saturated rings. The largest absolute Gasteiger partial charge is 0.478 e. The first kappa shape index (κ1) is 15.6. The zero-order valence-corrected chi connectivity index (χ0v) is 11.3. The molecular weight excluding hydrogens is 250 g/mol. The first-order chi connectivity index (χ1) is 8.92. The predicted molar refractivity (Wildman–Crippen MR) is 70.9 cm³/mol. The van der Waals surface area contributed by atoms with E-state index in [1.165, 1.54) is 24.3 Å². The lowest BCUT2D eigenvalue weighted by Gasteiger charge is -2.27. The van der Waals surface area contributed by atoms with Gasteiger partial charge < -0.3 is 5.11 Å². The number of carboxylic acid groups (broad SMARTS) is 1. The molecule has 1 N–H and O–H groups in total. The van der Waals surface area contributed by atoms with E-state index in [4.69, 9.17) is 5.11 Å². The topological polar surface area (TPSA) is 37.3 Å². The lowest BCUT2D eigenvalue weighted by molar-refractivity contribution is -0.0390. The number of aromatic carboxylic acids is 1. The zero-order chi connectivity index (χ0) is 14.5. The van der Waals surface area contributed by atoms with Gasteiger partial charge in [-0.1, -0.05) is 38.8 Å². The molecule has 0 aliphatic rings. The van der Waals surface area contributed by atoms with E-state index in [2.05, 4.69) is 0 Å². The van der Waals surface area contributed by atoms with E-state index in [1.54, 1.807) is 6.92 Å². The summed E-state index contributed by atoms with van der Waals surface area (Å²) >= 11 is 0. The van der Waals surface area contributed by atoms with Gasteiger partial charge >= 0.3 is 5.97 Å². The average molecular weight is 270 g/mol. The van der Waals surface area contributed by atoms with Crippen LogP contribution < -0.4 is 0 Å². The first-order valence-electron chi connectivity index (χ1n) is 6.63. The van der Waals surface area contributed by atoms with Crippen LogP contribution in [0.4, 0.5) is 8.78 Å². The first-order valence-corrected chi connectivity index (χ1v) is 6.63. The predicted octanol–water partition coefficient (Wildman–Crippen LogP) is 4.70. The fourth-order valence-electron chi connectivity index (χ4n) is 2.28. The van der Waals surface area contributed by atoms with E-state index in [9.17, 15) is 13.6 Å². The molecule has 0 amide bonds. The van der Waals surface area contributed by atoms with Crippen LogP contribution in [0, 0.1) is 0 Å². The van der Waals surface area contributed by atoms with Gasteiger partial charge in [0.1, 0.15) is 0 Å². The summed E-state index contributed by atoms with van der Waals surface area (Å²) in [5.41, 5.74) is 0.642. The molecule has 0 radical (unpaired) electrons. The van der Waals surface area contributed by atoms with E-state index in [-0.39, 0.29) is 12.0 Å². The molecule has 4 heteroatoms. The van der Waals surface area contributed by atoms with Crippen molar-refractivity contribution in [3.05, 3.63) is 35.4 Å². The summed E-state index contributed by atoms with van der Waals surface area (Å²) in [6.07, 6.45) is 1.36. The molecule has 0 heterocycles. The number of hydrogen-bond acceptors (Lipinski definition) is 1. The molecule has 0 aliphatic carbocycles. The van der Waals surface area contributed by atoms with Gasteiger partial charge in [-0.2, -0.15) is 0 Å². The Labute approximate surface area is 112 Å². The van der Waals surface area contributed by atoms with Crippen LogP contribution in [0.5, 0.6) is 0 Å². The van der Waals surface area contributed by atoms with Gasteiger partial charge in [0.2, 0.25) is 0 Å². The third-order valence-electron chi connectivity index (χ3n) is 3.23. The molecule has 2 nitrogen and oxygen atoms in total. The van der Waals surface area contributed by atoms with Gasteiger partial charge in [0.05, 0.1) is 5.56 Å². The van der Waals surface area contributed by atoms with Crippen LogP contribution in [0.25, 0.3) is 0 Å². The fourth-order valence-corrected chi connectivity index (χ4v) is 2.28. The summed E-state index contributed by atoms with van der Waals surface area (Å²) in [6.45, 7) is 3.62. The number of hydrogen-bond donors (Lipinski definition) is 1. The summed E-state index contributed by atoms with van der Waals surface area (Å²) in [6, 6.07) is 5.80. The SMILES string of the molecule is CCCC(c1ccc(C(=O)O)cc1)C(F)(F)CCC. The van der Waals surface area contributed by atoms with E-state index in [1.807, 2.05) is 6.92 Å². The molecule has 0 aliphatic heterocycles. The molecule has 1 rings (SSSR count). The second kappa shape index (κ2) is 6.64. The van der Waals surface area contributed by atoms with Crippen LogP contribution >= 0.6 is 0 Å². The van der Waals surface area contributed by atoms with Crippen LogP contribution in [-0.2, 0) is 0 Å². The minimum absolute atomic E-state index is 0.123. The number of carboxylic acids is 1. The highest BCUT2D eigenvalue weighted by molar-refractivity contribution is 5.87. The molecule has 1 aromatic carbocycles. The summed E-state index contributed by atoms with van der Waals surface area (Å²) in [7, 11) is 0. The number of halogens is 2. The van der Waals surface area contributed by atoms with Gasteiger partial charge in [-0.3, -0.25) is 0 Å². The lowest BCUT2D eigenvalue weighted by Crippen LogP contribution is -2.26. The molecule has 0 bridgehead atoms. The van der Waals surface area contributed by atoms with Crippen LogP contribution in [-0.4, -0.2) is 17.0 Å². The van der Waals surface area contributed by atoms with Crippen molar-refractivity contribution < 1.29 is 18.7 Å². The maximum atomic E-state index is 14.1. The Kier molecular flexibility index (Phi) is 5.45. The molecular formula is C15H20F2O2. The molecule has 0 spiro atoms. The van der Waals surface area contributed by atoms with Crippen LogP contribution in [0.3, 0.4) is 0 Å². The maximum Gasteiger partial charge on any atom is 0.335 e. The van der Waals surface area contributed by atoms with Crippen molar-refractivity contribution in [2.45, 2.75) is 51.4 Å². The molecule has 106 valence electrons. The van der Waals surface area contributed by atoms with Gasteiger partial charge in [0.15, 0.2) is 0 Å². The summed E-state index contributed by atoms with van der Waals surface area (Å²) < 4.78 is 28.2. The van der Waals surface area contributed by atoms with Crippen molar-refractivity contribution in [1.29, 1.82) is 0 Å². The fraction of sp³-hybridized carbons (Fsp3) is 0.533. The summed E-state index contributed by atoms with van der Waals surface area (Å²) in [5, 5.41) is 8.81. The van der Waals surface area contributed by atoms with Crippen LogP contribution in [0.1, 0.15) is 61.4 Å². The number of rotatable bonds is 7. The molecule has 1 atom stereocenters. The number of carbonyl (C=O) groups is 1. The summed E-state index contributed by atoms with van der Waals surface area (Å²) in [5.74, 6) is -4.62. The third-order valence-corrected chi connectivity index (χ3v) is 3.23. The average Bonchev–Trinajstić information content (AvgIpc) is 2.36. The maximum absolute atomic E-state index is 14.1. The second-order valence-electron chi connectivity index (χ2n) is 4.78. The lowest BCUT2D eigenvalue weighted by atomic mass is 9.86. The van der Waals surface area contributed by atoms with Gasteiger partial charge in [0, 0.05) is 12.3 Å². The van der Waals surface area contributed by atoms with Crippen LogP contribution in [0.2, 0.25) is 0 Å². The Balaban J connectivity index is 3.01. The van der Waals surface area contributed by atoms with Gasteiger partial charge in [-0.05, 0) is 24.1 Å². The van der Waals surface area contributed by atoms with Gasteiger partial charge in [-0.25, -0.2) is 13.6 Å². The van der Waals surface area contributed by atoms with Crippen molar-refractivity contribution in [3.63, 3.8) is 0 Å². The zero-order valence-electron chi connectivity index (χ0n) is 11.3. The quantitative estimate of drug-likeness (QED) is 0.779. The Hall–Kier alpha value is -1.45. The third kappa shape index (κ3) is 4.01. The normalized spacial score (nSPS) is 13.3. The van der Waals surface area contributed by atoms with E-state index < -0.39 is 17.8 Å². The monoisotopic (exact) mass is 270 g/mol. The van der Waals surface area contributed by atoms with Crippen molar-refractivity contribution in [1.82, 2.24) is 0 Å². The Morgan fingerprint density at radius 3 is 2.21 bits per heavy atom. The summed E-state index contributed by atoms with van der Waals surface area (Å²) in [4.78, 5) is 10.8. The van der Waals surface area contributed by atoms with Crippen molar-refractivity contribution in [3.8, 4) is 0 Å². The minimum Gasteiger partial charge on any atom is -0.478 e. The molecule has 1 aromatic rings. The van der Waals surface area contributed by atoms with Crippen LogP contribution in [0.15, 0.2) is 24.3 Å². The van der Waals surface area contributed by atoms with Crippen molar-refractivity contribution in [2.24, 2.45) is 0 Å².